The molecule has 22 heavy (non-hydrogen) atoms. The number of azide groups is 1. The molecule has 110 valence electrons. The van der Waals surface area contributed by atoms with Crippen LogP contribution in [0.15, 0.2) is 23.3 Å². The van der Waals surface area contributed by atoms with E-state index in [1.807, 2.05) is 0 Å². The summed E-state index contributed by atoms with van der Waals surface area (Å²) in [5.41, 5.74) is 8.96. The minimum absolute atomic E-state index is 0.0866. The molecule has 0 saturated heterocycles. The van der Waals surface area contributed by atoms with Crippen molar-refractivity contribution in [1.29, 1.82) is 0 Å². The third-order valence-corrected chi connectivity index (χ3v) is 3.51. The molecular weight excluding hydrogens is 290 g/mol. The summed E-state index contributed by atoms with van der Waals surface area (Å²) in [5.74, 6) is -1.11. The average Bonchev–Trinajstić information content (AvgIpc) is 2.48. The number of aliphatic hydroxyl groups excluding tert-OH is 1. The quantitative estimate of drug-likeness (QED) is 0.288. The third-order valence-electron chi connectivity index (χ3n) is 3.51. The van der Waals surface area contributed by atoms with Crippen molar-refractivity contribution in [2.45, 2.75) is 12.7 Å². The fraction of sp³-hybridized carbons (Fsp3) is 0.143. The van der Waals surface area contributed by atoms with E-state index in [1.54, 1.807) is 0 Å². The van der Waals surface area contributed by atoms with Crippen LogP contribution in [0.2, 0.25) is 0 Å². The highest BCUT2D eigenvalue weighted by Crippen LogP contribution is 2.39. The van der Waals surface area contributed by atoms with Crippen LogP contribution in [0.4, 0.5) is 5.69 Å². The van der Waals surface area contributed by atoms with E-state index < -0.39 is 12.3 Å². The summed E-state index contributed by atoms with van der Waals surface area (Å²) < 4.78 is 4.77. The smallest absolute Gasteiger partial charge is 0.341 e. The molecule has 0 radical (unpaired) electrons. The van der Waals surface area contributed by atoms with Gasteiger partial charge in [-0.25, -0.2) is 4.79 Å². The Balaban J connectivity index is 2.44. The summed E-state index contributed by atoms with van der Waals surface area (Å²) in [6.45, 7) is 0. The van der Waals surface area contributed by atoms with E-state index in [0.29, 0.717) is 11.7 Å². The zero-order chi connectivity index (χ0) is 15.9. The van der Waals surface area contributed by atoms with Crippen LogP contribution in [-0.4, -0.2) is 28.8 Å². The van der Waals surface area contributed by atoms with Crippen LogP contribution in [0.5, 0.6) is 5.75 Å². The molecule has 1 aliphatic rings. The molecule has 0 fully saturated rings. The zero-order valence-corrected chi connectivity index (χ0v) is 11.1. The van der Waals surface area contributed by atoms with Crippen molar-refractivity contribution in [3.8, 4) is 5.75 Å². The van der Waals surface area contributed by atoms with E-state index in [-0.39, 0.29) is 39.9 Å². The molecule has 2 N–H and O–H groups in total. The second kappa shape index (κ2) is 5.03. The number of aliphatic hydroxyl groups is 1. The van der Waals surface area contributed by atoms with Crippen LogP contribution >= 0.6 is 0 Å². The summed E-state index contributed by atoms with van der Waals surface area (Å²) >= 11 is 0. The zero-order valence-electron chi connectivity index (χ0n) is 11.1. The fourth-order valence-electron chi connectivity index (χ4n) is 2.62. The number of hydrogen-bond acceptors (Lipinski definition) is 6. The van der Waals surface area contributed by atoms with Gasteiger partial charge in [0.1, 0.15) is 5.75 Å². The van der Waals surface area contributed by atoms with Gasteiger partial charge in [-0.2, -0.15) is 0 Å². The highest BCUT2D eigenvalue weighted by atomic mass is 16.6. The lowest BCUT2D eigenvalue weighted by Gasteiger charge is -2.24. The van der Waals surface area contributed by atoms with Crippen molar-refractivity contribution >= 4 is 28.7 Å². The summed E-state index contributed by atoms with van der Waals surface area (Å²) in [4.78, 5) is 26.0. The monoisotopic (exact) mass is 299 g/mol. The van der Waals surface area contributed by atoms with Gasteiger partial charge in [-0.15, -0.1) is 0 Å². The second-order valence-corrected chi connectivity index (χ2v) is 4.72. The van der Waals surface area contributed by atoms with Crippen molar-refractivity contribution in [3.05, 3.63) is 45.3 Å². The van der Waals surface area contributed by atoms with E-state index in [9.17, 15) is 19.8 Å². The second-order valence-electron chi connectivity index (χ2n) is 4.72. The van der Waals surface area contributed by atoms with Crippen molar-refractivity contribution in [2.24, 2.45) is 5.11 Å². The Morgan fingerprint density at radius 1 is 1.41 bits per heavy atom. The molecule has 0 aromatic heterocycles. The number of rotatable bonds is 2. The number of aromatic hydroxyl groups is 1. The molecule has 1 atom stereocenters. The number of hydrogen-bond donors (Lipinski definition) is 2. The van der Waals surface area contributed by atoms with E-state index >= 15 is 0 Å². The Hall–Kier alpha value is -3.09. The number of phenolic OH excluding ortho intramolecular Hbond substituents is 1. The molecule has 0 spiro atoms. The maximum absolute atomic E-state index is 12.0. The van der Waals surface area contributed by atoms with Gasteiger partial charge in [-0.3, -0.25) is 4.79 Å². The normalized spacial score (nSPS) is 16.6. The first-order valence-electron chi connectivity index (χ1n) is 6.27. The van der Waals surface area contributed by atoms with Gasteiger partial charge >= 0.3 is 5.97 Å². The first kappa shape index (κ1) is 13.9. The lowest BCUT2D eigenvalue weighted by Crippen LogP contribution is -2.28. The van der Waals surface area contributed by atoms with Gasteiger partial charge in [-0.05, 0) is 17.2 Å². The molecule has 2 aromatic carbocycles. The molecule has 0 saturated carbocycles. The van der Waals surface area contributed by atoms with Crippen LogP contribution in [0, 0.1) is 0 Å². The number of carbonyl (C=O) groups is 2. The van der Waals surface area contributed by atoms with E-state index in [0.717, 1.165) is 0 Å². The van der Waals surface area contributed by atoms with Crippen LogP contribution in [-0.2, 0) is 11.2 Å². The van der Waals surface area contributed by atoms with Crippen molar-refractivity contribution in [2.75, 3.05) is 0 Å². The van der Waals surface area contributed by atoms with Gasteiger partial charge in [-0.1, -0.05) is 17.2 Å². The van der Waals surface area contributed by atoms with Gasteiger partial charge in [0.25, 0.3) is 0 Å². The van der Waals surface area contributed by atoms with E-state index in [2.05, 4.69) is 10.0 Å². The van der Waals surface area contributed by atoms with Gasteiger partial charge in [0.15, 0.2) is 6.29 Å². The lowest BCUT2D eigenvalue weighted by molar-refractivity contribution is -0.0685. The molecule has 8 heteroatoms. The SMILES string of the molecule is [N-]=[N+]=Nc1ccc2c3c(c(C=O)c(O)c2c1)CC(O)OC3=O. The summed E-state index contributed by atoms with van der Waals surface area (Å²) in [5, 5.41) is 23.8. The van der Waals surface area contributed by atoms with Crippen LogP contribution in [0.1, 0.15) is 26.3 Å². The van der Waals surface area contributed by atoms with Crippen LogP contribution < -0.4 is 0 Å². The number of nitrogens with zero attached hydrogens (tertiary/aromatic N) is 3. The Morgan fingerprint density at radius 2 is 2.18 bits per heavy atom. The number of aldehydes is 1. The number of benzene rings is 2. The summed E-state index contributed by atoms with van der Waals surface area (Å²) in [6, 6.07) is 4.34. The van der Waals surface area contributed by atoms with E-state index in [4.69, 9.17) is 10.3 Å². The number of ether oxygens (including phenoxy) is 1. The molecular formula is C14H9N3O5. The Kier molecular flexibility index (Phi) is 3.17. The first-order valence-corrected chi connectivity index (χ1v) is 6.27. The molecule has 2 aromatic rings. The highest BCUT2D eigenvalue weighted by Gasteiger charge is 2.31. The Bertz CT molecular complexity index is 871. The summed E-state index contributed by atoms with van der Waals surface area (Å²) in [6.07, 6.45) is -1.03. The van der Waals surface area contributed by atoms with Crippen LogP contribution in [0.25, 0.3) is 21.2 Å². The summed E-state index contributed by atoms with van der Waals surface area (Å²) in [7, 11) is 0. The number of phenols is 1. The highest BCUT2D eigenvalue weighted by molar-refractivity contribution is 6.12. The van der Waals surface area contributed by atoms with Crippen molar-refractivity contribution in [1.82, 2.24) is 0 Å². The van der Waals surface area contributed by atoms with Crippen molar-refractivity contribution < 1.29 is 24.5 Å². The lowest BCUT2D eigenvalue weighted by atomic mass is 9.90. The molecule has 1 aliphatic heterocycles. The number of esters is 1. The predicted molar refractivity (Wildman–Crippen MR) is 74.9 cm³/mol. The van der Waals surface area contributed by atoms with Gasteiger partial charge in [0.2, 0.25) is 6.29 Å². The Morgan fingerprint density at radius 3 is 2.86 bits per heavy atom. The number of fused-ring (bicyclic) bond motifs is 3. The van der Waals surface area contributed by atoms with E-state index in [1.165, 1.54) is 18.2 Å². The molecule has 0 aliphatic carbocycles. The predicted octanol–water partition coefficient (Wildman–Crippen LogP) is 2.33. The largest absolute Gasteiger partial charge is 0.507 e. The molecule has 1 heterocycles. The molecule has 1 unspecified atom stereocenters. The Labute approximate surface area is 123 Å². The topological polar surface area (TPSA) is 133 Å². The standard InChI is InChI=1S/C14H9N3O5/c15-17-16-6-1-2-7-9(3-6)13(20)10(5-18)8-4-11(19)22-14(21)12(7)8/h1-3,5,11,19-20H,4H2. The minimum Gasteiger partial charge on any atom is -0.507 e. The van der Waals surface area contributed by atoms with Gasteiger partial charge in [0, 0.05) is 27.8 Å². The first-order chi connectivity index (χ1) is 10.6. The number of cyclic esters (lactones) is 1. The van der Waals surface area contributed by atoms with Gasteiger partial charge in [0.05, 0.1) is 11.1 Å². The molecule has 0 amide bonds. The molecule has 3 rings (SSSR count). The van der Waals surface area contributed by atoms with Crippen LogP contribution in [0.3, 0.4) is 0 Å². The fourth-order valence-corrected chi connectivity index (χ4v) is 2.62. The van der Waals surface area contributed by atoms with Crippen molar-refractivity contribution in [3.63, 3.8) is 0 Å². The average molecular weight is 299 g/mol. The number of carbonyl (C=O) groups excluding carboxylic acids is 2. The van der Waals surface area contributed by atoms with Gasteiger partial charge < -0.3 is 14.9 Å². The third kappa shape index (κ3) is 1.95. The maximum Gasteiger partial charge on any atom is 0.341 e. The minimum atomic E-state index is -1.36. The molecule has 8 nitrogen and oxygen atoms in total. The maximum atomic E-state index is 12.0. The molecule has 0 bridgehead atoms.